The highest BCUT2D eigenvalue weighted by Crippen LogP contribution is 2.27. The van der Waals surface area contributed by atoms with Crippen LogP contribution < -0.4 is 5.43 Å². The third-order valence-electron chi connectivity index (χ3n) is 3.84. The van der Waals surface area contributed by atoms with Crippen molar-refractivity contribution in [2.24, 2.45) is 5.92 Å². The second-order valence-corrected chi connectivity index (χ2v) is 6.11. The first-order chi connectivity index (χ1) is 12.3. The molecule has 0 saturated carbocycles. The summed E-state index contributed by atoms with van der Waals surface area (Å²) in [6.07, 6.45) is 0.0568. The van der Waals surface area contributed by atoms with Gasteiger partial charge in [-0.1, -0.05) is 32.0 Å². The van der Waals surface area contributed by atoms with Crippen LogP contribution in [0.2, 0.25) is 0 Å². The summed E-state index contributed by atoms with van der Waals surface area (Å²) in [5.74, 6) is -1.62. The van der Waals surface area contributed by atoms with E-state index in [0.717, 1.165) is 12.3 Å². The summed E-state index contributed by atoms with van der Waals surface area (Å²) in [6.45, 7) is 5.17. The molecule has 0 fully saturated rings. The Kier molecular flexibility index (Phi) is 5.78. The van der Waals surface area contributed by atoms with E-state index in [4.69, 9.17) is 4.84 Å². The van der Waals surface area contributed by atoms with Crippen LogP contribution in [0.3, 0.4) is 0 Å². The Morgan fingerprint density at radius 2 is 1.96 bits per heavy atom. The van der Waals surface area contributed by atoms with E-state index in [0.29, 0.717) is 15.4 Å². The van der Waals surface area contributed by atoms with Gasteiger partial charge in [-0.25, -0.2) is 0 Å². The molecule has 1 heterocycles. The van der Waals surface area contributed by atoms with Gasteiger partial charge in [0, 0.05) is 11.6 Å². The minimum absolute atomic E-state index is 0.00719. The van der Waals surface area contributed by atoms with E-state index in [1.54, 1.807) is 45.0 Å². The van der Waals surface area contributed by atoms with Crippen molar-refractivity contribution in [3.8, 4) is 5.75 Å². The highest BCUT2D eigenvalue weighted by atomic mass is 16.7. The normalized spacial score (nSPS) is 12.0. The summed E-state index contributed by atoms with van der Waals surface area (Å²) < 4.78 is 0.530. The number of rotatable bonds is 6. The second kappa shape index (κ2) is 7.83. The zero-order valence-corrected chi connectivity index (χ0v) is 14.6. The van der Waals surface area contributed by atoms with Crippen LogP contribution in [0.4, 0.5) is 0 Å². The predicted octanol–water partition coefficient (Wildman–Crippen LogP) is 2.03. The fourth-order valence-corrected chi connectivity index (χ4v) is 2.43. The number of carbonyl (C=O) groups is 2. The number of hydroxylamine groups is 2. The molecule has 0 spiro atoms. The van der Waals surface area contributed by atoms with E-state index in [9.17, 15) is 24.7 Å². The lowest BCUT2D eigenvalue weighted by Crippen LogP contribution is -2.34. The lowest BCUT2D eigenvalue weighted by Gasteiger charge is -2.26. The second-order valence-electron chi connectivity index (χ2n) is 6.11. The van der Waals surface area contributed by atoms with Crippen molar-refractivity contribution >= 4 is 12.3 Å². The van der Waals surface area contributed by atoms with E-state index in [-0.39, 0.29) is 23.6 Å². The molecule has 1 aromatic heterocycles. The topological polar surface area (TPSA) is 109 Å². The Balaban J connectivity index is 2.38. The largest absolute Gasteiger partial charge is 0.503 e. The van der Waals surface area contributed by atoms with Gasteiger partial charge >= 0.3 is 0 Å². The van der Waals surface area contributed by atoms with E-state index in [1.807, 2.05) is 0 Å². The zero-order chi connectivity index (χ0) is 19.4. The highest BCUT2D eigenvalue weighted by Gasteiger charge is 2.28. The molecule has 0 radical (unpaired) electrons. The van der Waals surface area contributed by atoms with Crippen molar-refractivity contribution in [1.29, 1.82) is 0 Å². The maximum absolute atomic E-state index is 12.6. The average Bonchev–Trinajstić information content (AvgIpc) is 2.59. The lowest BCUT2D eigenvalue weighted by atomic mass is 10.0. The number of amides is 2. The summed E-state index contributed by atoms with van der Waals surface area (Å²) in [7, 11) is 0. The average molecular weight is 360 g/mol. The smallest absolute Gasteiger partial charge is 0.284 e. The highest BCUT2D eigenvalue weighted by molar-refractivity contribution is 5.99. The SMILES string of the molecule is Cc1ccccc1C(=O)N(C=O)OC(c1cc(=O)c(O)cn1O)C(C)C. The van der Waals surface area contributed by atoms with Crippen molar-refractivity contribution in [3.05, 3.63) is 63.6 Å². The Bertz CT molecular complexity index is 874. The molecule has 2 aromatic rings. The van der Waals surface area contributed by atoms with Gasteiger partial charge in [0.15, 0.2) is 5.75 Å². The fraction of sp³-hybridized carbons (Fsp3) is 0.278. The van der Waals surface area contributed by atoms with Gasteiger partial charge in [-0.2, -0.15) is 9.79 Å². The fourth-order valence-electron chi connectivity index (χ4n) is 2.43. The van der Waals surface area contributed by atoms with Gasteiger partial charge in [-0.05, 0) is 24.5 Å². The number of imide groups is 1. The lowest BCUT2D eigenvalue weighted by molar-refractivity contribution is -0.184. The zero-order valence-electron chi connectivity index (χ0n) is 14.6. The predicted molar refractivity (Wildman–Crippen MR) is 91.6 cm³/mol. The number of nitrogens with zero attached hydrogens (tertiary/aromatic N) is 2. The van der Waals surface area contributed by atoms with Gasteiger partial charge in [0.25, 0.3) is 5.91 Å². The molecular formula is C18H20N2O6. The van der Waals surface area contributed by atoms with E-state index in [1.165, 1.54) is 0 Å². The summed E-state index contributed by atoms with van der Waals surface area (Å²) >= 11 is 0. The van der Waals surface area contributed by atoms with E-state index in [2.05, 4.69) is 0 Å². The Morgan fingerprint density at radius 1 is 1.31 bits per heavy atom. The first-order valence-electron chi connectivity index (χ1n) is 7.92. The molecule has 0 aliphatic rings. The molecule has 26 heavy (non-hydrogen) atoms. The first kappa shape index (κ1) is 19.2. The minimum atomic E-state index is -0.994. The van der Waals surface area contributed by atoms with Crippen LogP contribution in [0.5, 0.6) is 5.75 Å². The molecule has 0 aliphatic heterocycles. The molecule has 1 unspecified atom stereocenters. The molecular weight excluding hydrogens is 340 g/mol. The van der Waals surface area contributed by atoms with E-state index < -0.39 is 23.2 Å². The van der Waals surface area contributed by atoms with Crippen LogP contribution in [-0.4, -0.2) is 32.4 Å². The van der Waals surface area contributed by atoms with Gasteiger partial charge in [-0.3, -0.25) is 19.2 Å². The van der Waals surface area contributed by atoms with Gasteiger partial charge < -0.3 is 10.3 Å². The molecule has 8 heteroatoms. The number of pyridine rings is 1. The molecule has 138 valence electrons. The Labute approximate surface area is 149 Å². The monoisotopic (exact) mass is 360 g/mol. The van der Waals surface area contributed by atoms with Crippen molar-refractivity contribution in [2.45, 2.75) is 26.9 Å². The van der Waals surface area contributed by atoms with Crippen molar-refractivity contribution < 1.29 is 24.7 Å². The Hall–Kier alpha value is -3.13. The summed E-state index contributed by atoms with van der Waals surface area (Å²) in [4.78, 5) is 41.2. The van der Waals surface area contributed by atoms with Crippen molar-refractivity contribution in [1.82, 2.24) is 9.79 Å². The maximum Gasteiger partial charge on any atom is 0.284 e. The molecule has 2 N–H and O–H groups in total. The number of carbonyl (C=O) groups excluding carboxylic acids is 2. The third-order valence-corrected chi connectivity index (χ3v) is 3.84. The number of aryl methyl sites for hydroxylation is 1. The molecule has 0 saturated heterocycles. The van der Waals surface area contributed by atoms with Crippen LogP contribution >= 0.6 is 0 Å². The summed E-state index contributed by atoms with van der Waals surface area (Å²) in [5.41, 5.74) is 0.224. The molecule has 0 aliphatic carbocycles. The molecule has 1 aromatic carbocycles. The van der Waals surface area contributed by atoms with Crippen LogP contribution in [0.1, 0.15) is 41.6 Å². The molecule has 2 amide bonds. The molecule has 0 bridgehead atoms. The quantitative estimate of drug-likeness (QED) is 0.463. The van der Waals surface area contributed by atoms with Gasteiger partial charge in [0.2, 0.25) is 11.8 Å². The van der Waals surface area contributed by atoms with Crippen LogP contribution in [-0.2, 0) is 9.63 Å². The summed E-state index contributed by atoms with van der Waals surface area (Å²) in [6, 6.07) is 7.69. The standard InChI is InChI=1S/C18H20N2O6/c1-11(2)17(14-8-15(22)16(23)9-19(14)25)26-20(10-21)18(24)13-7-5-4-6-12(13)3/h4-11,17,23,25H,1-3H3. The summed E-state index contributed by atoms with van der Waals surface area (Å²) in [5, 5.41) is 19.9. The number of hydrogen-bond acceptors (Lipinski definition) is 6. The number of hydrogen-bond donors (Lipinski definition) is 2. The number of benzene rings is 1. The van der Waals surface area contributed by atoms with Gasteiger partial charge in [0.1, 0.15) is 6.10 Å². The first-order valence-corrected chi connectivity index (χ1v) is 7.92. The Morgan fingerprint density at radius 3 is 2.54 bits per heavy atom. The molecule has 1 atom stereocenters. The number of aromatic nitrogens is 1. The maximum atomic E-state index is 12.6. The molecule has 2 rings (SSSR count). The van der Waals surface area contributed by atoms with Crippen molar-refractivity contribution in [3.63, 3.8) is 0 Å². The van der Waals surface area contributed by atoms with Gasteiger partial charge in [0.05, 0.1) is 11.9 Å². The van der Waals surface area contributed by atoms with E-state index >= 15 is 0 Å². The third kappa shape index (κ3) is 3.92. The van der Waals surface area contributed by atoms with Crippen LogP contribution in [0, 0.1) is 12.8 Å². The number of aromatic hydroxyl groups is 1. The van der Waals surface area contributed by atoms with Crippen molar-refractivity contribution in [2.75, 3.05) is 0 Å². The van der Waals surface area contributed by atoms with Crippen LogP contribution in [0.15, 0.2) is 41.3 Å². The van der Waals surface area contributed by atoms with Gasteiger partial charge in [-0.15, -0.1) is 0 Å². The minimum Gasteiger partial charge on any atom is -0.503 e. The molecule has 8 nitrogen and oxygen atoms in total. The van der Waals surface area contributed by atoms with Crippen LogP contribution in [0.25, 0.3) is 0 Å².